The number of nitro groups is 1. The summed E-state index contributed by atoms with van der Waals surface area (Å²) in [6.07, 6.45) is 1.03. The molecule has 1 atom stereocenters. The molecule has 0 saturated carbocycles. The van der Waals surface area contributed by atoms with Crippen LogP contribution < -0.4 is 0 Å². The molecule has 0 aromatic heterocycles. The predicted octanol–water partition coefficient (Wildman–Crippen LogP) is 5.53. The van der Waals surface area contributed by atoms with Gasteiger partial charge in [0, 0.05) is 17.3 Å². The lowest BCUT2D eigenvalue weighted by atomic mass is 10.0. The normalized spacial score (nSPS) is 12.5. The Labute approximate surface area is 172 Å². The first-order chi connectivity index (χ1) is 13.3. The Kier molecular flexibility index (Phi) is 6.07. The van der Waals surface area contributed by atoms with Gasteiger partial charge in [-0.25, -0.2) is 8.42 Å². The molecular weight excluding hydrogens is 418 g/mol. The zero-order valence-electron chi connectivity index (χ0n) is 14.8. The second kappa shape index (κ2) is 8.34. The molecule has 0 aliphatic rings. The molecule has 3 aromatic carbocycles. The van der Waals surface area contributed by atoms with Crippen LogP contribution >= 0.6 is 23.4 Å². The van der Waals surface area contributed by atoms with Gasteiger partial charge in [-0.15, -0.1) is 11.8 Å². The summed E-state index contributed by atoms with van der Waals surface area (Å²) in [5.41, 5.74) is 1.67. The van der Waals surface area contributed by atoms with Crippen LogP contribution in [0.2, 0.25) is 5.02 Å². The van der Waals surface area contributed by atoms with E-state index in [9.17, 15) is 18.5 Å². The first kappa shape index (κ1) is 20.4. The van der Waals surface area contributed by atoms with Crippen LogP contribution in [0.3, 0.4) is 0 Å². The van der Waals surface area contributed by atoms with Crippen LogP contribution in [0.1, 0.15) is 16.4 Å². The van der Waals surface area contributed by atoms with Crippen molar-refractivity contribution in [2.24, 2.45) is 0 Å². The van der Waals surface area contributed by atoms with Crippen LogP contribution in [0, 0.1) is 10.1 Å². The van der Waals surface area contributed by atoms with Crippen LogP contribution in [-0.4, -0.2) is 19.6 Å². The standard InChI is InChI=1S/C20H16ClNO4S2/c1-28(25,26)17-11-12-19(18(13-17)22(23)24)27-20(14-5-3-2-4-6-14)15-7-9-16(21)10-8-15/h2-13,20H,1H3/t20-/m1/s1. The van der Waals surface area contributed by atoms with Crippen LogP contribution in [-0.2, 0) is 9.84 Å². The highest BCUT2D eigenvalue weighted by Crippen LogP contribution is 2.44. The van der Waals surface area contributed by atoms with Gasteiger partial charge in [-0.1, -0.05) is 54.1 Å². The number of rotatable bonds is 6. The summed E-state index contributed by atoms with van der Waals surface area (Å²) in [5, 5.41) is 12.0. The lowest BCUT2D eigenvalue weighted by Crippen LogP contribution is -2.01. The van der Waals surface area contributed by atoms with Gasteiger partial charge in [0.1, 0.15) is 0 Å². The number of hydrogen-bond donors (Lipinski definition) is 0. The second-order valence-corrected chi connectivity index (χ2v) is 9.72. The Morgan fingerprint density at radius 2 is 1.57 bits per heavy atom. The van der Waals surface area contributed by atoms with Crippen LogP contribution in [0.25, 0.3) is 0 Å². The van der Waals surface area contributed by atoms with Crippen molar-refractivity contribution in [2.75, 3.05) is 6.26 Å². The molecule has 0 bridgehead atoms. The summed E-state index contributed by atoms with van der Waals surface area (Å²) in [6.45, 7) is 0. The molecule has 8 heteroatoms. The van der Waals surface area contributed by atoms with Gasteiger partial charge in [-0.3, -0.25) is 10.1 Å². The van der Waals surface area contributed by atoms with E-state index in [1.807, 2.05) is 42.5 Å². The quantitative estimate of drug-likeness (QED) is 0.290. The van der Waals surface area contributed by atoms with E-state index < -0.39 is 14.8 Å². The monoisotopic (exact) mass is 433 g/mol. The summed E-state index contributed by atoms with van der Waals surface area (Å²) in [7, 11) is -3.54. The number of sulfone groups is 1. The maximum atomic E-state index is 11.8. The summed E-state index contributed by atoms with van der Waals surface area (Å²) in [5.74, 6) is 0. The van der Waals surface area contributed by atoms with Gasteiger partial charge < -0.3 is 0 Å². The molecule has 0 aliphatic heterocycles. The van der Waals surface area contributed by atoms with Gasteiger partial charge in [-0.2, -0.15) is 0 Å². The molecule has 0 fully saturated rings. The van der Waals surface area contributed by atoms with Crippen molar-refractivity contribution in [3.8, 4) is 0 Å². The van der Waals surface area contributed by atoms with E-state index in [-0.39, 0.29) is 15.8 Å². The highest BCUT2D eigenvalue weighted by molar-refractivity contribution is 8.00. The molecule has 3 aromatic rings. The smallest absolute Gasteiger partial charge is 0.258 e. The Hall–Kier alpha value is -2.35. The van der Waals surface area contributed by atoms with Gasteiger partial charge in [-0.05, 0) is 35.4 Å². The maximum Gasteiger partial charge on any atom is 0.284 e. The molecule has 0 heterocycles. The van der Waals surface area contributed by atoms with Crippen molar-refractivity contribution < 1.29 is 13.3 Å². The lowest BCUT2D eigenvalue weighted by molar-refractivity contribution is -0.388. The molecule has 0 saturated heterocycles. The van der Waals surface area contributed by atoms with Crippen molar-refractivity contribution in [3.63, 3.8) is 0 Å². The van der Waals surface area contributed by atoms with E-state index in [0.29, 0.717) is 9.92 Å². The summed E-state index contributed by atoms with van der Waals surface area (Å²) >= 11 is 7.29. The Bertz CT molecular complexity index is 1100. The van der Waals surface area contributed by atoms with Crippen LogP contribution in [0.4, 0.5) is 5.69 Å². The minimum atomic E-state index is -3.54. The SMILES string of the molecule is CS(=O)(=O)c1ccc(S[C@H](c2ccccc2)c2ccc(Cl)cc2)c([N+](=O)[O-])c1. The minimum absolute atomic E-state index is 0.0775. The van der Waals surface area contributed by atoms with Crippen molar-refractivity contribution >= 4 is 38.9 Å². The summed E-state index contributed by atoms with van der Waals surface area (Å²) < 4.78 is 23.5. The summed E-state index contributed by atoms with van der Waals surface area (Å²) in [4.78, 5) is 11.3. The summed E-state index contributed by atoms with van der Waals surface area (Å²) in [6, 6.07) is 20.9. The van der Waals surface area contributed by atoms with Crippen molar-refractivity contribution in [1.29, 1.82) is 0 Å². The fourth-order valence-electron chi connectivity index (χ4n) is 2.69. The minimum Gasteiger partial charge on any atom is -0.258 e. The average Bonchev–Trinajstić information content (AvgIpc) is 2.67. The zero-order chi connectivity index (χ0) is 20.3. The average molecular weight is 434 g/mol. The van der Waals surface area contributed by atoms with Gasteiger partial charge >= 0.3 is 0 Å². The van der Waals surface area contributed by atoms with Gasteiger partial charge in [0.15, 0.2) is 9.84 Å². The van der Waals surface area contributed by atoms with E-state index in [1.54, 1.807) is 12.1 Å². The number of hydrogen-bond acceptors (Lipinski definition) is 5. The molecular formula is C20H16ClNO4S2. The fourth-order valence-corrected chi connectivity index (χ4v) is 4.70. The second-order valence-electron chi connectivity index (χ2n) is 6.12. The Morgan fingerprint density at radius 1 is 0.964 bits per heavy atom. The van der Waals surface area contributed by atoms with Crippen molar-refractivity contribution in [2.45, 2.75) is 15.0 Å². The van der Waals surface area contributed by atoms with E-state index >= 15 is 0 Å². The first-order valence-corrected chi connectivity index (χ1v) is 11.4. The maximum absolute atomic E-state index is 11.8. The van der Waals surface area contributed by atoms with Crippen molar-refractivity contribution in [1.82, 2.24) is 0 Å². The molecule has 0 amide bonds. The number of benzene rings is 3. The number of nitro benzene ring substituents is 1. The lowest BCUT2D eigenvalue weighted by Gasteiger charge is -2.18. The Morgan fingerprint density at radius 3 is 2.14 bits per heavy atom. The molecule has 0 spiro atoms. The largest absolute Gasteiger partial charge is 0.284 e. The third-order valence-corrected chi connectivity index (χ3v) is 6.82. The topological polar surface area (TPSA) is 77.3 Å². The van der Waals surface area contributed by atoms with Gasteiger partial charge in [0.25, 0.3) is 5.69 Å². The van der Waals surface area contributed by atoms with Gasteiger partial charge in [0.2, 0.25) is 0 Å². The highest BCUT2D eigenvalue weighted by atomic mass is 35.5. The van der Waals surface area contributed by atoms with E-state index in [2.05, 4.69) is 0 Å². The molecule has 144 valence electrons. The third-order valence-electron chi connectivity index (χ3n) is 4.08. The van der Waals surface area contributed by atoms with E-state index in [0.717, 1.165) is 23.4 Å². The van der Waals surface area contributed by atoms with Crippen LogP contribution in [0.15, 0.2) is 82.6 Å². The fraction of sp³-hybridized carbons (Fsp3) is 0.100. The molecule has 0 unspecified atom stereocenters. The number of halogens is 1. The molecule has 0 N–H and O–H groups in total. The predicted molar refractivity (Wildman–Crippen MR) is 112 cm³/mol. The Balaban J connectivity index is 2.08. The molecule has 0 radical (unpaired) electrons. The molecule has 5 nitrogen and oxygen atoms in total. The zero-order valence-corrected chi connectivity index (χ0v) is 17.2. The van der Waals surface area contributed by atoms with E-state index in [1.165, 1.54) is 23.9 Å². The molecule has 3 rings (SSSR count). The van der Waals surface area contributed by atoms with E-state index in [4.69, 9.17) is 11.6 Å². The first-order valence-electron chi connectivity index (χ1n) is 8.21. The van der Waals surface area contributed by atoms with Crippen LogP contribution in [0.5, 0.6) is 0 Å². The molecule has 28 heavy (non-hydrogen) atoms. The third kappa shape index (κ3) is 4.73. The van der Waals surface area contributed by atoms with Crippen molar-refractivity contribution in [3.05, 3.63) is 99.1 Å². The highest BCUT2D eigenvalue weighted by Gasteiger charge is 2.24. The number of thioether (sulfide) groups is 1. The van der Waals surface area contributed by atoms with Gasteiger partial charge in [0.05, 0.1) is 20.0 Å². The number of nitrogens with zero attached hydrogens (tertiary/aromatic N) is 1. The molecule has 0 aliphatic carbocycles.